The molecule has 0 heterocycles. The van der Waals surface area contributed by atoms with E-state index in [9.17, 15) is 43.2 Å². The van der Waals surface area contributed by atoms with E-state index in [0.29, 0.717) is 25.7 Å². The van der Waals surface area contributed by atoms with Gasteiger partial charge in [0.05, 0.1) is 26.4 Å². The Kier molecular flexibility index (Phi) is 76.9. The van der Waals surface area contributed by atoms with E-state index in [2.05, 4.69) is 41.5 Å². The van der Waals surface area contributed by atoms with Crippen LogP contribution in [0.1, 0.15) is 465 Å². The predicted molar refractivity (Wildman–Crippen MR) is 437 cm³/mol. The lowest BCUT2D eigenvalue weighted by Gasteiger charge is -2.21. The molecule has 3 N–H and O–H groups in total. The molecule has 0 aliphatic heterocycles. The molecule has 630 valence electrons. The minimum atomic E-state index is -4.97. The number of ether oxygens (including phenoxy) is 4. The number of unbranched alkanes of at least 4 members (excludes halogenated alkanes) is 54. The molecule has 0 saturated carbocycles. The van der Waals surface area contributed by atoms with Crippen LogP contribution in [0.3, 0.4) is 0 Å². The molecule has 0 amide bonds. The first-order valence-corrected chi connectivity index (χ1v) is 48.1. The number of esters is 4. The third kappa shape index (κ3) is 77.4. The largest absolute Gasteiger partial charge is 0.472 e. The molecule has 0 aromatic carbocycles. The second-order valence-electron chi connectivity index (χ2n) is 31.8. The van der Waals surface area contributed by atoms with Crippen molar-refractivity contribution in [2.45, 2.75) is 484 Å². The maximum atomic E-state index is 13.2. The Bertz CT molecular complexity index is 2030. The van der Waals surface area contributed by atoms with Gasteiger partial charge in [-0.25, -0.2) is 9.13 Å². The van der Waals surface area contributed by atoms with Gasteiger partial charge in [-0.1, -0.05) is 414 Å². The second-order valence-corrected chi connectivity index (χ2v) is 34.7. The lowest BCUT2D eigenvalue weighted by Crippen LogP contribution is -2.30. The van der Waals surface area contributed by atoms with E-state index in [0.717, 1.165) is 102 Å². The molecule has 7 atom stereocenters. The zero-order chi connectivity index (χ0) is 77.8. The van der Waals surface area contributed by atoms with Crippen molar-refractivity contribution in [2.24, 2.45) is 11.8 Å². The SMILES string of the molecule is CCCCCCCCCCCCCCCCCCCC(=O)OC[C@H](COP(=O)(O)OC[C@@H](O)COP(=O)(O)OC[C@@H](COC(=O)CCCCCCCCCCC(C)CC)OC(=O)CCCCCCCCCCCCCCCCC)OC(=O)CCCCCCCCCCCCCCCCCCCCC(C)CC. The van der Waals surface area contributed by atoms with Crippen molar-refractivity contribution in [1.29, 1.82) is 0 Å². The van der Waals surface area contributed by atoms with Gasteiger partial charge in [-0.2, -0.15) is 0 Å². The fourth-order valence-corrected chi connectivity index (χ4v) is 15.1. The van der Waals surface area contributed by atoms with E-state index < -0.39 is 97.5 Å². The first-order valence-electron chi connectivity index (χ1n) is 45.1. The molecule has 0 aliphatic rings. The monoisotopic (exact) mass is 1550 g/mol. The molecule has 0 fully saturated rings. The number of carbonyl (C=O) groups excluding carboxylic acids is 4. The van der Waals surface area contributed by atoms with Crippen molar-refractivity contribution in [1.82, 2.24) is 0 Å². The van der Waals surface area contributed by atoms with Gasteiger partial charge in [0.25, 0.3) is 0 Å². The van der Waals surface area contributed by atoms with Crippen molar-refractivity contribution in [3.05, 3.63) is 0 Å². The lowest BCUT2D eigenvalue weighted by molar-refractivity contribution is -0.161. The van der Waals surface area contributed by atoms with Crippen molar-refractivity contribution in [3.8, 4) is 0 Å². The van der Waals surface area contributed by atoms with Crippen LogP contribution in [0.25, 0.3) is 0 Å². The van der Waals surface area contributed by atoms with Gasteiger partial charge in [-0.05, 0) is 37.5 Å². The summed E-state index contributed by atoms with van der Waals surface area (Å²) in [6.45, 7) is 9.75. The molecular formula is C87H170O17P2. The highest BCUT2D eigenvalue weighted by Gasteiger charge is 2.30. The zero-order valence-corrected chi connectivity index (χ0v) is 71.5. The Balaban J connectivity index is 5.25. The summed E-state index contributed by atoms with van der Waals surface area (Å²) in [5.41, 5.74) is 0. The van der Waals surface area contributed by atoms with Crippen molar-refractivity contribution in [3.63, 3.8) is 0 Å². The minimum Gasteiger partial charge on any atom is -0.462 e. The molecule has 0 bridgehead atoms. The number of hydrogen-bond donors (Lipinski definition) is 3. The fraction of sp³-hybridized carbons (Fsp3) is 0.954. The topological polar surface area (TPSA) is 237 Å². The van der Waals surface area contributed by atoms with Crippen LogP contribution in [0.2, 0.25) is 0 Å². The van der Waals surface area contributed by atoms with Gasteiger partial charge in [-0.3, -0.25) is 37.3 Å². The smallest absolute Gasteiger partial charge is 0.462 e. The number of aliphatic hydroxyl groups is 1. The third-order valence-electron chi connectivity index (χ3n) is 21.2. The lowest BCUT2D eigenvalue weighted by atomic mass is 9.99. The normalized spacial score (nSPS) is 14.3. The standard InChI is InChI=1S/C87H170O17P2/c1-7-11-13-15-17-19-21-23-25-28-33-36-40-44-51-57-63-69-84(89)97-75-82(103-86(91)72-66-60-54-46-42-38-34-30-27-26-29-32-35-39-43-49-55-61-67-79(5)9-3)77-101-105(93,94)99-73-81(88)74-100-106(95,96)102-78-83(76-98-85(90)70-64-58-52-48-47-50-56-62-68-80(6)10-4)104-87(92)71-65-59-53-45-41-37-31-24-22-20-18-16-14-12-8-2/h79-83,88H,7-78H2,1-6H3,(H,93,94)(H,95,96)/t79?,80?,81-,82-,83-/m1/s1. The maximum Gasteiger partial charge on any atom is 0.472 e. The van der Waals surface area contributed by atoms with Gasteiger partial charge in [-0.15, -0.1) is 0 Å². The Morgan fingerprint density at radius 2 is 0.453 bits per heavy atom. The summed E-state index contributed by atoms with van der Waals surface area (Å²) >= 11 is 0. The summed E-state index contributed by atoms with van der Waals surface area (Å²) in [5, 5.41) is 10.7. The summed E-state index contributed by atoms with van der Waals surface area (Å²) in [6, 6.07) is 0. The number of carbonyl (C=O) groups is 4. The van der Waals surface area contributed by atoms with E-state index in [1.165, 1.54) is 283 Å². The second kappa shape index (κ2) is 78.3. The highest BCUT2D eigenvalue weighted by Crippen LogP contribution is 2.45. The average molecular weight is 1550 g/mol. The van der Waals surface area contributed by atoms with Gasteiger partial charge >= 0.3 is 39.5 Å². The number of phosphoric ester groups is 2. The Morgan fingerprint density at radius 1 is 0.264 bits per heavy atom. The molecule has 0 spiro atoms. The first-order chi connectivity index (χ1) is 51.4. The summed E-state index contributed by atoms with van der Waals surface area (Å²) in [4.78, 5) is 73.3. The van der Waals surface area contributed by atoms with Crippen molar-refractivity contribution in [2.75, 3.05) is 39.6 Å². The molecule has 19 heteroatoms. The van der Waals surface area contributed by atoms with Crippen LogP contribution in [-0.2, 0) is 65.4 Å². The number of hydrogen-bond acceptors (Lipinski definition) is 15. The predicted octanol–water partition coefficient (Wildman–Crippen LogP) is 26.6. The van der Waals surface area contributed by atoms with Crippen LogP contribution in [0.15, 0.2) is 0 Å². The van der Waals surface area contributed by atoms with Gasteiger partial charge in [0, 0.05) is 25.7 Å². The summed E-state index contributed by atoms with van der Waals surface area (Å²) in [7, 11) is -9.93. The van der Waals surface area contributed by atoms with Gasteiger partial charge in [0.15, 0.2) is 12.2 Å². The molecule has 17 nitrogen and oxygen atoms in total. The molecule has 0 saturated heterocycles. The van der Waals surface area contributed by atoms with Crippen molar-refractivity contribution < 1.29 is 80.2 Å². The van der Waals surface area contributed by atoms with Crippen LogP contribution in [0, 0.1) is 11.8 Å². The zero-order valence-electron chi connectivity index (χ0n) is 69.7. The van der Waals surface area contributed by atoms with Gasteiger partial charge in [0.1, 0.15) is 19.3 Å². The molecule has 106 heavy (non-hydrogen) atoms. The Hall–Kier alpha value is -1.94. The molecule has 0 rings (SSSR count). The average Bonchev–Trinajstić information content (AvgIpc) is 0.960. The van der Waals surface area contributed by atoms with Crippen LogP contribution >= 0.6 is 15.6 Å². The van der Waals surface area contributed by atoms with Crippen LogP contribution < -0.4 is 0 Å². The first kappa shape index (κ1) is 104. The molecule has 0 aromatic heterocycles. The van der Waals surface area contributed by atoms with E-state index in [4.69, 9.17) is 37.0 Å². The third-order valence-corrected chi connectivity index (χ3v) is 23.1. The molecule has 0 radical (unpaired) electrons. The summed E-state index contributed by atoms with van der Waals surface area (Å²) < 4.78 is 69.0. The molecule has 4 unspecified atom stereocenters. The van der Waals surface area contributed by atoms with E-state index in [1.54, 1.807) is 0 Å². The van der Waals surface area contributed by atoms with E-state index in [-0.39, 0.29) is 25.7 Å². The van der Waals surface area contributed by atoms with Crippen LogP contribution in [0.4, 0.5) is 0 Å². The van der Waals surface area contributed by atoms with E-state index >= 15 is 0 Å². The Labute approximate surface area is 651 Å². The van der Waals surface area contributed by atoms with Gasteiger partial charge in [0.2, 0.25) is 0 Å². The highest BCUT2D eigenvalue weighted by molar-refractivity contribution is 7.47. The minimum absolute atomic E-state index is 0.108. The number of aliphatic hydroxyl groups excluding tert-OH is 1. The fourth-order valence-electron chi connectivity index (χ4n) is 13.5. The maximum absolute atomic E-state index is 13.2. The molecule has 0 aliphatic carbocycles. The van der Waals surface area contributed by atoms with Crippen LogP contribution in [0.5, 0.6) is 0 Å². The molecular weight excluding hydrogens is 1380 g/mol. The highest BCUT2D eigenvalue weighted by atomic mass is 31.2. The van der Waals surface area contributed by atoms with Crippen molar-refractivity contribution >= 4 is 39.5 Å². The van der Waals surface area contributed by atoms with Crippen LogP contribution in [-0.4, -0.2) is 96.7 Å². The molecule has 0 aromatic rings. The number of rotatable bonds is 86. The summed E-state index contributed by atoms with van der Waals surface area (Å²) in [5.74, 6) is -0.451. The van der Waals surface area contributed by atoms with E-state index in [1.807, 2.05) is 0 Å². The number of phosphoric acid groups is 2. The Morgan fingerprint density at radius 3 is 0.670 bits per heavy atom. The quantitative estimate of drug-likeness (QED) is 0.0222. The summed E-state index contributed by atoms with van der Waals surface area (Å²) in [6.07, 6.45) is 70.7. The van der Waals surface area contributed by atoms with Gasteiger partial charge < -0.3 is 33.8 Å².